The molecule has 0 saturated heterocycles. The Morgan fingerprint density at radius 1 is 1.62 bits per heavy atom. The lowest BCUT2D eigenvalue weighted by Gasteiger charge is -1.94. The van der Waals surface area contributed by atoms with Gasteiger partial charge >= 0.3 is 0 Å². The smallest absolute Gasteiger partial charge is 0.213 e. The van der Waals surface area contributed by atoms with Crippen molar-refractivity contribution in [1.29, 1.82) is 0 Å². The van der Waals surface area contributed by atoms with E-state index in [-0.39, 0.29) is 0 Å². The summed E-state index contributed by atoms with van der Waals surface area (Å²) in [5.41, 5.74) is 0.642. The Morgan fingerprint density at radius 2 is 2.54 bits per heavy atom. The second-order valence-electron chi connectivity index (χ2n) is 2.58. The first kappa shape index (κ1) is 7.72. The highest BCUT2D eigenvalue weighted by Crippen LogP contribution is 2.00. The molecule has 2 aromatic heterocycles. The van der Waals surface area contributed by atoms with Gasteiger partial charge in [0.25, 0.3) is 0 Å². The molecule has 2 aromatic rings. The van der Waals surface area contributed by atoms with E-state index >= 15 is 0 Å². The van der Waals surface area contributed by atoms with Crippen LogP contribution in [0.1, 0.15) is 16.2 Å². The zero-order valence-corrected chi connectivity index (χ0v) is 6.75. The van der Waals surface area contributed by atoms with Gasteiger partial charge in [0.15, 0.2) is 12.1 Å². The second kappa shape index (κ2) is 3.22. The van der Waals surface area contributed by atoms with E-state index in [0.29, 0.717) is 17.9 Å². The maximum Gasteiger partial charge on any atom is 0.213 e. The van der Waals surface area contributed by atoms with Crippen LogP contribution >= 0.6 is 0 Å². The normalized spacial score (nSPS) is 10.2. The summed E-state index contributed by atoms with van der Waals surface area (Å²) in [5, 5.41) is 3.65. The molecule has 0 aliphatic heterocycles. The minimum atomic E-state index is 0.518. The predicted molar refractivity (Wildman–Crippen MR) is 43.2 cm³/mol. The lowest BCUT2D eigenvalue weighted by molar-refractivity contribution is 0.112. The topological polar surface area (TPSA) is 60.9 Å². The van der Waals surface area contributed by atoms with Crippen molar-refractivity contribution < 1.29 is 9.32 Å². The van der Waals surface area contributed by atoms with Gasteiger partial charge in [-0.1, -0.05) is 5.16 Å². The maximum atomic E-state index is 10.4. The van der Waals surface area contributed by atoms with Gasteiger partial charge in [0.05, 0.1) is 6.54 Å². The first-order valence-corrected chi connectivity index (χ1v) is 3.74. The fraction of sp³-hybridized carbons (Fsp3) is 0.125. The van der Waals surface area contributed by atoms with Crippen LogP contribution in [-0.4, -0.2) is 21.0 Å². The molecule has 0 saturated carbocycles. The van der Waals surface area contributed by atoms with Crippen molar-refractivity contribution in [2.75, 3.05) is 0 Å². The van der Waals surface area contributed by atoms with Gasteiger partial charge in [0, 0.05) is 18.0 Å². The predicted octanol–water partition coefficient (Wildman–Crippen LogP) is 0.732. The Hall–Kier alpha value is -1.91. The molecule has 0 aliphatic carbocycles. The summed E-state index contributed by atoms with van der Waals surface area (Å²) >= 11 is 0. The monoisotopic (exact) mass is 177 g/mol. The van der Waals surface area contributed by atoms with Crippen molar-refractivity contribution in [3.63, 3.8) is 0 Å². The van der Waals surface area contributed by atoms with Crippen LogP contribution in [-0.2, 0) is 6.54 Å². The summed E-state index contributed by atoms with van der Waals surface area (Å²) in [6.45, 7) is 0.518. The highest BCUT2D eigenvalue weighted by Gasteiger charge is 2.00. The maximum absolute atomic E-state index is 10.4. The van der Waals surface area contributed by atoms with Gasteiger partial charge in [-0.05, 0) is 6.07 Å². The fourth-order valence-corrected chi connectivity index (χ4v) is 1.05. The first-order chi connectivity index (χ1) is 6.38. The van der Waals surface area contributed by atoms with Gasteiger partial charge in [-0.15, -0.1) is 0 Å². The fourth-order valence-electron chi connectivity index (χ4n) is 1.05. The van der Waals surface area contributed by atoms with Gasteiger partial charge in [-0.2, -0.15) is 4.98 Å². The van der Waals surface area contributed by atoms with Gasteiger partial charge in [-0.25, -0.2) is 0 Å². The highest BCUT2D eigenvalue weighted by molar-refractivity contribution is 5.74. The van der Waals surface area contributed by atoms with E-state index in [9.17, 15) is 4.79 Å². The van der Waals surface area contributed by atoms with E-state index in [4.69, 9.17) is 0 Å². The van der Waals surface area contributed by atoms with E-state index in [1.165, 1.54) is 6.39 Å². The molecule has 0 aliphatic rings. The van der Waals surface area contributed by atoms with Crippen LogP contribution in [0.25, 0.3) is 0 Å². The van der Waals surface area contributed by atoms with Crippen molar-refractivity contribution >= 4 is 6.29 Å². The standard InChI is InChI=1S/C8H7N3O2/c12-5-7-1-2-11(3-7)4-8-9-6-13-10-8/h1-3,5-6H,4H2. The molecule has 5 heteroatoms. The van der Waals surface area contributed by atoms with Crippen LogP contribution in [0.2, 0.25) is 0 Å². The molecular formula is C8H7N3O2. The molecule has 0 radical (unpaired) electrons. The molecule has 0 aromatic carbocycles. The summed E-state index contributed by atoms with van der Waals surface area (Å²) in [7, 11) is 0. The van der Waals surface area contributed by atoms with Crippen LogP contribution in [0, 0.1) is 0 Å². The summed E-state index contributed by atoms with van der Waals surface area (Å²) in [4.78, 5) is 14.2. The minimum Gasteiger partial charge on any atom is -0.346 e. The van der Waals surface area contributed by atoms with E-state index < -0.39 is 0 Å². The van der Waals surface area contributed by atoms with E-state index in [0.717, 1.165) is 6.29 Å². The van der Waals surface area contributed by atoms with Gasteiger partial charge < -0.3 is 9.09 Å². The van der Waals surface area contributed by atoms with Crippen molar-refractivity contribution in [1.82, 2.24) is 14.7 Å². The van der Waals surface area contributed by atoms with E-state index in [2.05, 4.69) is 14.7 Å². The van der Waals surface area contributed by atoms with Gasteiger partial charge in [0.2, 0.25) is 6.39 Å². The molecular weight excluding hydrogens is 170 g/mol. The first-order valence-electron chi connectivity index (χ1n) is 3.74. The Balaban J connectivity index is 2.14. The third-order valence-corrected chi connectivity index (χ3v) is 1.64. The average Bonchev–Trinajstić information content (AvgIpc) is 2.76. The van der Waals surface area contributed by atoms with E-state index in [1.807, 2.05) is 4.57 Å². The van der Waals surface area contributed by atoms with Crippen molar-refractivity contribution in [2.45, 2.75) is 6.54 Å². The lowest BCUT2D eigenvalue weighted by atomic mass is 10.4. The van der Waals surface area contributed by atoms with Crippen molar-refractivity contribution in [3.8, 4) is 0 Å². The van der Waals surface area contributed by atoms with Gasteiger partial charge in [-0.3, -0.25) is 4.79 Å². The molecule has 0 bridgehead atoms. The zero-order chi connectivity index (χ0) is 9.10. The molecule has 0 fully saturated rings. The number of carbonyl (C=O) groups is 1. The number of aldehydes is 1. The van der Waals surface area contributed by atoms with Gasteiger partial charge in [0.1, 0.15) is 0 Å². The third-order valence-electron chi connectivity index (χ3n) is 1.64. The molecule has 0 spiro atoms. The van der Waals surface area contributed by atoms with Crippen LogP contribution < -0.4 is 0 Å². The van der Waals surface area contributed by atoms with Crippen LogP contribution in [0.5, 0.6) is 0 Å². The second-order valence-corrected chi connectivity index (χ2v) is 2.58. The zero-order valence-electron chi connectivity index (χ0n) is 6.75. The highest BCUT2D eigenvalue weighted by atomic mass is 16.5. The molecule has 0 unspecified atom stereocenters. The molecule has 0 amide bonds. The summed E-state index contributed by atoms with van der Waals surface area (Å²) < 4.78 is 6.39. The van der Waals surface area contributed by atoms with Crippen molar-refractivity contribution in [2.24, 2.45) is 0 Å². The molecule has 66 valence electrons. The summed E-state index contributed by atoms with van der Waals surface area (Å²) in [6, 6.07) is 1.73. The van der Waals surface area contributed by atoms with Crippen LogP contribution in [0.15, 0.2) is 29.4 Å². The lowest BCUT2D eigenvalue weighted by Crippen LogP contribution is -1.97. The van der Waals surface area contributed by atoms with Crippen LogP contribution in [0.4, 0.5) is 0 Å². The minimum absolute atomic E-state index is 0.518. The van der Waals surface area contributed by atoms with Crippen LogP contribution in [0.3, 0.4) is 0 Å². The summed E-state index contributed by atoms with van der Waals surface area (Å²) in [5.74, 6) is 0.591. The third kappa shape index (κ3) is 1.64. The SMILES string of the molecule is O=Cc1ccn(Cc2ncon2)c1. The molecule has 13 heavy (non-hydrogen) atoms. The molecule has 0 N–H and O–H groups in total. The van der Waals surface area contributed by atoms with Crippen molar-refractivity contribution in [3.05, 3.63) is 36.2 Å². The Labute approximate surface area is 74.0 Å². The molecule has 2 heterocycles. The number of nitrogens with zero attached hydrogens (tertiary/aromatic N) is 3. The number of rotatable bonds is 3. The molecule has 2 rings (SSSR count). The number of hydrogen-bond donors (Lipinski definition) is 0. The largest absolute Gasteiger partial charge is 0.346 e. The number of aromatic nitrogens is 3. The number of hydrogen-bond acceptors (Lipinski definition) is 4. The Bertz CT molecular complexity index is 391. The quantitative estimate of drug-likeness (QED) is 0.648. The summed E-state index contributed by atoms with van der Waals surface area (Å²) in [6.07, 6.45) is 5.59. The average molecular weight is 177 g/mol. The Kier molecular flexibility index (Phi) is 1.91. The van der Waals surface area contributed by atoms with E-state index in [1.54, 1.807) is 18.5 Å². The molecule has 5 nitrogen and oxygen atoms in total. The molecule has 0 atom stereocenters. The number of carbonyl (C=O) groups excluding carboxylic acids is 1. The Morgan fingerprint density at radius 3 is 3.15 bits per heavy atom.